The molecule has 1 N–H and O–H groups in total. The predicted molar refractivity (Wildman–Crippen MR) is 85.9 cm³/mol. The van der Waals surface area contributed by atoms with Gasteiger partial charge in [-0.05, 0) is 44.3 Å². The van der Waals surface area contributed by atoms with Gasteiger partial charge in [0.2, 0.25) is 11.8 Å². The van der Waals surface area contributed by atoms with Crippen LogP contribution in [0, 0.1) is 11.3 Å². The van der Waals surface area contributed by atoms with Crippen molar-refractivity contribution in [2.75, 3.05) is 13.2 Å². The standard InChI is InChI=1S/C15H24N2O4S/c1-5-15(8-7-10(3)4)12(19)16-14(22)17(13(15)20)9-11(18)21-6-2/h10H,5-9H2,1-4H3,(H,16,19,22). The van der Waals surface area contributed by atoms with Crippen molar-refractivity contribution in [1.29, 1.82) is 0 Å². The first kappa shape index (κ1) is 18.5. The van der Waals surface area contributed by atoms with Gasteiger partial charge in [-0.25, -0.2) is 0 Å². The van der Waals surface area contributed by atoms with E-state index in [4.69, 9.17) is 17.0 Å². The summed E-state index contributed by atoms with van der Waals surface area (Å²) < 4.78 is 4.86. The van der Waals surface area contributed by atoms with Gasteiger partial charge in [0, 0.05) is 0 Å². The smallest absolute Gasteiger partial charge is 0.326 e. The zero-order chi connectivity index (χ0) is 16.9. The van der Waals surface area contributed by atoms with Crippen LogP contribution in [0.3, 0.4) is 0 Å². The molecule has 1 unspecified atom stereocenters. The summed E-state index contributed by atoms with van der Waals surface area (Å²) in [6.07, 6.45) is 1.55. The Morgan fingerprint density at radius 1 is 1.36 bits per heavy atom. The highest BCUT2D eigenvalue weighted by atomic mass is 32.1. The van der Waals surface area contributed by atoms with Crippen LogP contribution >= 0.6 is 12.2 Å². The third-order valence-corrected chi connectivity index (χ3v) is 4.22. The Morgan fingerprint density at radius 3 is 2.50 bits per heavy atom. The zero-order valence-corrected chi connectivity index (χ0v) is 14.4. The molecule has 1 aliphatic heterocycles. The van der Waals surface area contributed by atoms with Gasteiger partial charge in [0.15, 0.2) is 5.11 Å². The first-order valence-electron chi connectivity index (χ1n) is 7.61. The number of thiocarbonyl (C=S) groups is 1. The number of esters is 1. The Bertz CT molecular complexity index is 478. The van der Waals surface area contributed by atoms with Crippen LogP contribution in [0.1, 0.15) is 47.0 Å². The number of amides is 2. The molecular weight excluding hydrogens is 304 g/mol. The van der Waals surface area contributed by atoms with Gasteiger partial charge in [-0.2, -0.15) is 0 Å². The number of hydrogen-bond acceptors (Lipinski definition) is 5. The molecule has 6 nitrogen and oxygen atoms in total. The molecule has 124 valence electrons. The van der Waals surface area contributed by atoms with Gasteiger partial charge in [-0.3, -0.25) is 19.3 Å². The number of carbonyl (C=O) groups is 3. The highest BCUT2D eigenvalue weighted by Gasteiger charge is 2.51. The van der Waals surface area contributed by atoms with E-state index in [1.165, 1.54) is 0 Å². The first-order chi connectivity index (χ1) is 10.3. The maximum absolute atomic E-state index is 12.8. The van der Waals surface area contributed by atoms with Crippen molar-refractivity contribution in [1.82, 2.24) is 10.2 Å². The number of rotatable bonds is 7. The third-order valence-electron chi connectivity index (χ3n) is 3.90. The summed E-state index contributed by atoms with van der Waals surface area (Å²) in [5.41, 5.74) is -1.15. The summed E-state index contributed by atoms with van der Waals surface area (Å²) in [5, 5.41) is 2.53. The molecule has 0 spiro atoms. The average Bonchev–Trinajstić information content (AvgIpc) is 2.44. The van der Waals surface area contributed by atoms with Gasteiger partial charge in [-0.1, -0.05) is 20.8 Å². The van der Waals surface area contributed by atoms with Crippen LogP contribution in [0.2, 0.25) is 0 Å². The van der Waals surface area contributed by atoms with Crippen molar-refractivity contribution in [3.8, 4) is 0 Å². The van der Waals surface area contributed by atoms with E-state index in [2.05, 4.69) is 5.32 Å². The van der Waals surface area contributed by atoms with Gasteiger partial charge in [0.05, 0.1) is 6.61 Å². The molecule has 0 aromatic heterocycles. The van der Waals surface area contributed by atoms with Crippen LogP contribution in [-0.4, -0.2) is 40.9 Å². The molecule has 0 aromatic rings. The van der Waals surface area contributed by atoms with E-state index in [0.29, 0.717) is 18.8 Å². The molecule has 1 rings (SSSR count). The van der Waals surface area contributed by atoms with Crippen LogP contribution in [0.5, 0.6) is 0 Å². The lowest BCUT2D eigenvalue weighted by atomic mass is 9.76. The fraction of sp³-hybridized carbons (Fsp3) is 0.733. The second-order valence-electron chi connectivity index (χ2n) is 5.82. The van der Waals surface area contributed by atoms with Crippen LogP contribution < -0.4 is 5.32 Å². The number of hydrogen-bond donors (Lipinski definition) is 1. The highest BCUT2D eigenvalue weighted by Crippen LogP contribution is 2.35. The minimum Gasteiger partial charge on any atom is -0.465 e. The van der Waals surface area contributed by atoms with Gasteiger partial charge in [0.1, 0.15) is 12.0 Å². The first-order valence-corrected chi connectivity index (χ1v) is 8.02. The molecule has 0 bridgehead atoms. The fourth-order valence-electron chi connectivity index (χ4n) is 2.46. The van der Waals surface area contributed by atoms with Gasteiger partial charge in [-0.15, -0.1) is 0 Å². The zero-order valence-electron chi connectivity index (χ0n) is 13.6. The molecule has 1 saturated heterocycles. The van der Waals surface area contributed by atoms with Crippen molar-refractivity contribution in [2.45, 2.75) is 47.0 Å². The minimum atomic E-state index is -1.15. The lowest BCUT2D eigenvalue weighted by Crippen LogP contribution is -2.64. The second-order valence-corrected chi connectivity index (χ2v) is 6.21. The van der Waals surface area contributed by atoms with E-state index in [-0.39, 0.29) is 24.2 Å². The lowest BCUT2D eigenvalue weighted by molar-refractivity contribution is -0.156. The lowest BCUT2D eigenvalue weighted by Gasteiger charge is -2.40. The molecule has 0 aromatic carbocycles. The topological polar surface area (TPSA) is 75.7 Å². The van der Waals surface area contributed by atoms with E-state index in [1.54, 1.807) is 13.8 Å². The molecule has 0 radical (unpaired) electrons. The molecule has 1 atom stereocenters. The molecule has 22 heavy (non-hydrogen) atoms. The maximum atomic E-state index is 12.8. The van der Waals surface area contributed by atoms with Gasteiger partial charge < -0.3 is 10.1 Å². The van der Waals surface area contributed by atoms with Crippen LogP contribution in [0.4, 0.5) is 0 Å². The van der Waals surface area contributed by atoms with Crippen LogP contribution in [-0.2, 0) is 19.1 Å². The largest absolute Gasteiger partial charge is 0.465 e. The quantitative estimate of drug-likeness (QED) is 0.437. The Balaban J connectivity index is 3.01. The molecular formula is C15H24N2O4S. The summed E-state index contributed by atoms with van der Waals surface area (Å²) in [6, 6.07) is 0. The number of ether oxygens (including phenoxy) is 1. The molecule has 0 aliphatic carbocycles. The van der Waals surface area contributed by atoms with Crippen LogP contribution in [0.15, 0.2) is 0 Å². The molecule has 0 saturated carbocycles. The van der Waals surface area contributed by atoms with Crippen LogP contribution in [0.25, 0.3) is 0 Å². The Labute approximate surface area is 136 Å². The molecule has 1 aliphatic rings. The van der Waals surface area contributed by atoms with Gasteiger partial charge >= 0.3 is 5.97 Å². The summed E-state index contributed by atoms with van der Waals surface area (Å²) in [5.74, 6) is -0.942. The summed E-state index contributed by atoms with van der Waals surface area (Å²) >= 11 is 5.04. The molecule has 1 fully saturated rings. The predicted octanol–water partition coefficient (Wildman–Crippen LogP) is 1.63. The van der Waals surface area contributed by atoms with Crippen molar-refractivity contribution in [3.63, 3.8) is 0 Å². The SMILES string of the molecule is CCOC(=O)CN1C(=O)C(CC)(CCC(C)C)C(=O)NC1=S. The second kappa shape index (κ2) is 7.67. The van der Waals surface area contributed by atoms with Gasteiger partial charge in [0.25, 0.3) is 0 Å². The summed E-state index contributed by atoms with van der Waals surface area (Å²) in [6.45, 7) is 7.52. The third kappa shape index (κ3) is 3.82. The number of nitrogens with one attached hydrogen (secondary N) is 1. The van der Waals surface area contributed by atoms with Crippen molar-refractivity contribution in [3.05, 3.63) is 0 Å². The van der Waals surface area contributed by atoms with E-state index in [9.17, 15) is 14.4 Å². The Morgan fingerprint density at radius 2 is 2.00 bits per heavy atom. The van der Waals surface area contributed by atoms with Crippen molar-refractivity contribution in [2.24, 2.45) is 11.3 Å². The van der Waals surface area contributed by atoms with E-state index in [0.717, 1.165) is 11.3 Å². The normalized spacial score (nSPS) is 22.0. The van der Waals surface area contributed by atoms with E-state index in [1.807, 2.05) is 13.8 Å². The minimum absolute atomic E-state index is 0.0309. The summed E-state index contributed by atoms with van der Waals surface area (Å²) in [4.78, 5) is 38.0. The molecule has 7 heteroatoms. The highest BCUT2D eigenvalue weighted by molar-refractivity contribution is 7.80. The fourth-order valence-corrected chi connectivity index (χ4v) is 2.70. The van der Waals surface area contributed by atoms with Crippen molar-refractivity contribution >= 4 is 35.1 Å². The molecule has 1 heterocycles. The Kier molecular flexibility index (Phi) is 6.47. The van der Waals surface area contributed by atoms with E-state index >= 15 is 0 Å². The number of carbonyl (C=O) groups excluding carboxylic acids is 3. The number of nitrogens with zero attached hydrogens (tertiary/aromatic N) is 1. The Hall–Kier alpha value is -1.50. The average molecular weight is 328 g/mol. The molecule has 2 amide bonds. The monoisotopic (exact) mass is 328 g/mol. The maximum Gasteiger partial charge on any atom is 0.326 e. The van der Waals surface area contributed by atoms with Crippen molar-refractivity contribution < 1.29 is 19.1 Å². The summed E-state index contributed by atoms with van der Waals surface area (Å²) in [7, 11) is 0. The van der Waals surface area contributed by atoms with E-state index < -0.39 is 17.3 Å².